The fourth-order valence-electron chi connectivity index (χ4n) is 4.81. The molecule has 3 aromatic rings. The van der Waals surface area contributed by atoms with Crippen molar-refractivity contribution in [2.24, 2.45) is 0 Å². The number of anilines is 3. The van der Waals surface area contributed by atoms with E-state index in [1.165, 1.54) is 0 Å². The van der Waals surface area contributed by atoms with Gasteiger partial charge in [-0.3, -0.25) is 4.79 Å². The number of rotatable bonds is 15. The summed E-state index contributed by atoms with van der Waals surface area (Å²) in [5.74, 6) is 1.61. The van der Waals surface area contributed by atoms with Crippen LogP contribution in [0.3, 0.4) is 0 Å². The van der Waals surface area contributed by atoms with Crippen LogP contribution in [0.15, 0.2) is 36.7 Å². The average molecular weight is 524 g/mol. The van der Waals surface area contributed by atoms with Gasteiger partial charge in [0.15, 0.2) is 5.82 Å². The zero-order valence-corrected chi connectivity index (χ0v) is 22.6. The average Bonchev–Trinajstić information content (AvgIpc) is 3.34. The fraction of sp³-hybridized carbons (Fsp3) is 0.552. The van der Waals surface area contributed by atoms with Gasteiger partial charge >= 0.3 is 5.97 Å². The summed E-state index contributed by atoms with van der Waals surface area (Å²) in [5.41, 5.74) is 2.79. The van der Waals surface area contributed by atoms with Crippen LogP contribution >= 0.6 is 0 Å². The Kier molecular flexibility index (Phi) is 10.2. The largest absolute Gasteiger partial charge is 0.494 e. The van der Waals surface area contributed by atoms with Crippen molar-refractivity contribution in [2.75, 3.05) is 23.8 Å². The molecule has 9 nitrogen and oxygen atoms in total. The van der Waals surface area contributed by atoms with Gasteiger partial charge in [0.25, 0.3) is 0 Å². The van der Waals surface area contributed by atoms with E-state index in [1.807, 2.05) is 36.7 Å². The van der Waals surface area contributed by atoms with Gasteiger partial charge in [-0.1, -0.05) is 26.2 Å². The molecule has 0 spiro atoms. The molecular weight excluding hydrogens is 482 g/mol. The molecule has 1 saturated heterocycles. The van der Waals surface area contributed by atoms with Gasteiger partial charge < -0.3 is 29.8 Å². The first kappa shape index (κ1) is 27.7. The van der Waals surface area contributed by atoms with E-state index in [0.717, 1.165) is 98.5 Å². The molecule has 38 heavy (non-hydrogen) atoms. The molecule has 0 radical (unpaired) electrons. The Labute approximate surface area is 225 Å². The summed E-state index contributed by atoms with van der Waals surface area (Å²) in [6.45, 7) is 5.76. The highest BCUT2D eigenvalue weighted by atomic mass is 16.5. The van der Waals surface area contributed by atoms with Crippen LogP contribution in [0.2, 0.25) is 0 Å². The second-order valence-corrected chi connectivity index (χ2v) is 10.1. The molecule has 2 atom stereocenters. The number of carboxylic acids is 1. The number of unbranched alkanes of at least 4 members (excludes halogenated alkanes) is 3. The Morgan fingerprint density at radius 1 is 1.21 bits per heavy atom. The monoisotopic (exact) mass is 523 g/mol. The smallest absolute Gasteiger partial charge is 0.303 e. The van der Waals surface area contributed by atoms with Crippen LogP contribution in [0.5, 0.6) is 5.75 Å². The van der Waals surface area contributed by atoms with Crippen molar-refractivity contribution < 1.29 is 19.4 Å². The minimum Gasteiger partial charge on any atom is -0.494 e. The highest BCUT2D eigenvalue weighted by molar-refractivity contribution is 5.89. The molecule has 0 amide bonds. The summed E-state index contributed by atoms with van der Waals surface area (Å²) in [5, 5.41) is 15.7. The molecule has 1 aliphatic rings. The zero-order chi connectivity index (χ0) is 26.7. The molecular formula is C29H41N5O4. The van der Waals surface area contributed by atoms with E-state index in [0.29, 0.717) is 6.61 Å². The Balaban J connectivity index is 1.42. The van der Waals surface area contributed by atoms with Crippen molar-refractivity contribution in [3.05, 3.63) is 36.7 Å². The number of hydrogen-bond acceptors (Lipinski definition) is 7. The van der Waals surface area contributed by atoms with Crippen molar-refractivity contribution in [1.29, 1.82) is 0 Å². The van der Waals surface area contributed by atoms with E-state index in [4.69, 9.17) is 24.5 Å². The van der Waals surface area contributed by atoms with Gasteiger partial charge in [0, 0.05) is 30.8 Å². The Bertz CT molecular complexity index is 1160. The highest BCUT2D eigenvalue weighted by Gasteiger charge is 2.21. The Morgan fingerprint density at radius 2 is 2.03 bits per heavy atom. The summed E-state index contributed by atoms with van der Waals surface area (Å²) in [6, 6.07) is 10.2. The summed E-state index contributed by atoms with van der Waals surface area (Å²) in [4.78, 5) is 20.2. The van der Waals surface area contributed by atoms with E-state index in [2.05, 4.69) is 29.0 Å². The molecule has 3 heterocycles. The van der Waals surface area contributed by atoms with Crippen LogP contribution in [-0.2, 0) is 9.53 Å². The van der Waals surface area contributed by atoms with Crippen molar-refractivity contribution in [1.82, 2.24) is 14.5 Å². The number of pyridine rings is 1. The van der Waals surface area contributed by atoms with Gasteiger partial charge in [-0.15, -0.1) is 0 Å². The molecule has 1 aliphatic heterocycles. The van der Waals surface area contributed by atoms with Crippen LogP contribution in [0.4, 0.5) is 17.3 Å². The van der Waals surface area contributed by atoms with Gasteiger partial charge in [-0.05, 0) is 69.7 Å². The molecule has 3 N–H and O–H groups in total. The third kappa shape index (κ3) is 7.84. The number of fused-ring (bicyclic) bond motifs is 1. The van der Waals surface area contributed by atoms with Crippen LogP contribution in [0.1, 0.15) is 84.3 Å². The minimum absolute atomic E-state index is 0.00137. The van der Waals surface area contributed by atoms with Crippen molar-refractivity contribution >= 4 is 34.3 Å². The van der Waals surface area contributed by atoms with Crippen LogP contribution < -0.4 is 15.4 Å². The van der Waals surface area contributed by atoms with Crippen molar-refractivity contribution in [3.63, 3.8) is 0 Å². The van der Waals surface area contributed by atoms with Gasteiger partial charge in [0.05, 0.1) is 18.5 Å². The molecule has 1 aromatic carbocycles. The van der Waals surface area contributed by atoms with Crippen LogP contribution in [0, 0.1) is 0 Å². The third-order valence-electron chi connectivity index (χ3n) is 6.81. The van der Waals surface area contributed by atoms with Crippen molar-refractivity contribution in [2.45, 2.75) is 90.3 Å². The molecule has 0 saturated carbocycles. The first-order valence-corrected chi connectivity index (χ1v) is 14.0. The normalized spacial score (nSPS) is 16.3. The SMILES string of the molecule is CCCC(C)Nc1nc(Nc2ccc(OCCCCCCC(=O)O)cc2)cc2c1ncn2C1CCCCO1. The second kappa shape index (κ2) is 14.0. The molecule has 1 fully saturated rings. The number of aliphatic carboxylic acids is 1. The van der Waals surface area contributed by atoms with Gasteiger partial charge in [0.2, 0.25) is 0 Å². The summed E-state index contributed by atoms with van der Waals surface area (Å²) >= 11 is 0. The predicted octanol–water partition coefficient (Wildman–Crippen LogP) is 6.89. The van der Waals surface area contributed by atoms with Crippen molar-refractivity contribution in [3.8, 4) is 5.75 Å². The van der Waals surface area contributed by atoms with Crippen LogP contribution in [0.25, 0.3) is 11.0 Å². The van der Waals surface area contributed by atoms with E-state index < -0.39 is 5.97 Å². The number of nitrogens with zero attached hydrogens (tertiary/aromatic N) is 3. The molecule has 9 heteroatoms. The number of carboxylic acid groups (broad SMARTS) is 1. The topological polar surface area (TPSA) is 111 Å². The summed E-state index contributed by atoms with van der Waals surface area (Å²) in [6.07, 6.45) is 11.0. The molecule has 206 valence electrons. The third-order valence-corrected chi connectivity index (χ3v) is 6.81. The fourth-order valence-corrected chi connectivity index (χ4v) is 4.81. The van der Waals surface area contributed by atoms with Crippen LogP contribution in [-0.4, -0.2) is 44.9 Å². The first-order chi connectivity index (χ1) is 18.5. The number of hydrogen-bond donors (Lipinski definition) is 3. The van der Waals surface area contributed by atoms with E-state index in [-0.39, 0.29) is 18.7 Å². The van der Waals surface area contributed by atoms with E-state index in [1.54, 1.807) is 0 Å². The lowest BCUT2D eigenvalue weighted by atomic mass is 10.1. The van der Waals surface area contributed by atoms with Gasteiger partial charge in [0.1, 0.15) is 23.3 Å². The molecule has 2 aromatic heterocycles. The zero-order valence-electron chi connectivity index (χ0n) is 22.6. The highest BCUT2D eigenvalue weighted by Crippen LogP contribution is 2.32. The number of nitrogens with one attached hydrogen (secondary N) is 2. The molecule has 2 unspecified atom stereocenters. The number of ether oxygens (including phenoxy) is 2. The van der Waals surface area contributed by atoms with E-state index in [9.17, 15) is 4.79 Å². The lowest BCUT2D eigenvalue weighted by molar-refractivity contribution is -0.137. The molecule has 0 aliphatic carbocycles. The van der Waals surface area contributed by atoms with Gasteiger partial charge in [-0.25, -0.2) is 9.97 Å². The summed E-state index contributed by atoms with van der Waals surface area (Å²) < 4.78 is 14.0. The number of benzene rings is 1. The maximum absolute atomic E-state index is 10.6. The summed E-state index contributed by atoms with van der Waals surface area (Å²) in [7, 11) is 0. The maximum Gasteiger partial charge on any atom is 0.303 e. The number of aromatic nitrogens is 3. The maximum atomic E-state index is 10.6. The minimum atomic E-state index is -0.729. The lowest BCUT2D eigenvalue weighted by Crippen LogP contribution is -2.18. The standard InChI is InChI=1S/C29H41N5O4/c1-3-10-21(2)31-29-28-24(34(20-30-28)26-11-7-9-18-38-26)19-25(33-29)32-22-13-15-23(16-14-22)37-17-8-5-4-6-12-27(35)36/h13-16,19-21,26H,3-12,17-18H2,1-2H3,(H,35,36)(H2,31,32,33). The first-order valence-electron chi connectivity index (χ1n) is 14.0. The predicted molar refractivity (Wildman–Crippen MR) is 150 cm³/mol. The quantitative estimate of drug-likeness (QED) is 0.185. The molecule has 4 rings (SSSR count). The molecule has 0 bridgehead atoms. The van der Waals surface area contributed by atoms with E-state index >= 15 is 0 Å². The second-order valence-electron chi connectivity index (χ2n) is 10.1. The number of carbonyl (C=O) groups is 1. The Hall–Kier alpha value is -3.33. The Morgan fingerprint density at radius 3 is 2.76 bits per heavy atom. The number of imidazole rings is 1. The lowest BCUT2D eigenvalue weighted by Gasteiger charge is -2.24. The van der Waals surface area contributed by atoms with Gasteiger partial charge in [-0.2, -0.15) is 0 Å².